The molecule has 0 spiro atoms. The number of aliphatic hydroxyl groups excluding tert-OH is 1. The highest BCUT2D eigenvalue weighted by molar-refractivity contribution is 9.10. The lowest BCUT2D eigenvalue weighted by Gasteiger charge is -2.31. The number of hydrogen-bond donors (Lipinski definition) is 3. The number of ether oxygens (including phenoxy) is 3. The topological polar surface area (TPSA) is 101 Å². The summed E-state index contributed by atoms with van der Waals surface area (Å²) >= 11 is 3.53. The molecular weight excluding hydrogens is 634 g/mol. The molecule has 1 aliphatic heterocycles. The van der Waals surface area contributed by atoms with E-state index in [-0.39, 0.29) is 18.6 Å². The molecule has 6 rings (SSSR count). The first-order valence-corrected chi connectivity index (χ1v) is 15.9. The fourth-order valence-corrected chi connectivity index (χ4v) is 6.20. The Balaban J connectivity index is 1.36. The summed E-state index contributed by atoms with van der Waals surface area (Å²) in [6.45, 7) is 0.486. The van der Waals surface area contributed by atoms with E-state index in [1.807, 2.05) is 84.9 Å². The van der Waals surface area contributed by atoms with Crippen LogP contribution in [0.1, 0.15) is 40.3 Å². The van der Waals surface area contributed by atoms with Gasteiger partial charge < -0.3 is 19.3 Å². The highest BCUT2D eigenvalue weighted by atomic mass is 79.9. The molecule has 0 radical (unpaired) electrons. The molecule has 8 nitrogen and oxygen atoms in total. The summed E-state index contributed by atoms with van der Waals surface area (Å²) in [5.74, 6) is 1.42. The summed E-state index contributed by atoms with van der Waals surface area (Å²) in [5.41, 5.74) is 10.0. The monoisotopic (exact) mass is 669 g/mol. The van der Waals surface area contributed by atoms with Gasteiger partial charge in [-0.3, -0.25) is 10.2 Å². The summed E-state index contributed by atoms with van der Waals surface area (Å²) in [5, 5.41) is 9.08. The first kappa shape index (κ1) is 30.8. The Morgan fingerprint density at radius 1 is 0.978 bits per heavy atom. The van der Waals surface area contributed by atoms with Crippen molar-refractivity contribution in [1.82, 2.24) is 10.9 Å². The fourth-order valence-electron chi connectivity index (χ4n) is 5.94. The van der Waals surface area contributed by atoms with Gasteiger partial charge in [0.2, 0.25) is 5.90 Å². The van der Waals surface area contributed by atoms with Crippen molar-refractivity contribution >= 4 is 27.7 Å². The molecule has 9 heteroatoms. The van der Waals surface area contributed by atoms with Gasteiger partial charge in [0.05, 0.1) is 13.7 Å². The Kier molecular flexibility index (Phi) is 9.49. The number of carbonyl (C=O) groups is 1. The van der Waals surface area contributed by atoms with Crippen molar-refractivity contribution in [3.8, 4) is 11.5 Å². The van der Waals surface area contributed by atoms with Crippen LogP contribution in [0.15, 0.2) is 107 Å². The lowest BCUT2D eigenvalue weighted by Crippen LogP contribution is -2.56. The molecule has 4 aromatic carbocycles. The molecular formula is C36H36BrN3O5. The highest BCUT2D eigenvalue weighted by Gasteiger charge is 2.53. The quantitative estimate of drug-likeness (QED) is 0.136. The molecule has 4 aromatic rings. The minimum absolute atomic E-state index is 0.0653. The van der Waals surface area contributed by atoms with Gasteiger partial charge in [-0.25, -0.2) is 10.4 Å². The standard InChI is InChI=1S/C36H36BrN3O5/c1-43-32-9-4-8-28(22-32)33-36(23-24-10-14-29(37)15-11-24,35(42)40-39-30-20-26-6-2-3-7-27(26)21-30)38-34(45-33)25-12-16-31(17-13-25)44-19-5-18-41/h2-4,6-17,22,30,33,39,41H,5,18-21,23H2,1H3,(H,40,42)/t33-,36-/m0/s1. The minimum atomic E-state index is -1.34. The summed E-state index contributed by atoms with van der Waals surface area (Å²) < 4.78 is 18.9. The van der Waals surface area contributed by atoms with Crippen LogP contribution in [0.5, 0.6) is 11.5 Å². The molecule has 45 heavy (non-hydrogen) atoms. The lowest BCUT2D eigenvalue weighted by molar-refractivity contribution is -0.130. The van der Waals surface area contributed by atoms with E-state index in [2.05, 4.69) is 38.9 Å². The number of hydrazine groups is 1. The lowest BCUT2D eigenvalue weighted by atomic mass is 9.82. The van der Waals surface area contributed by atoms with Gasteiger partial charge in [-0.1, -0.05) is 64.5 Å². The number of nitrogens with zero attached hydrogens (tertiary/aromatic N) is 1. The van der Waals surface area contributed by atoms with Crippen molar-refractivity contribution in [3.05, 3.63) is 129 Å². The van der Waals surface area contributed by atoms with Crippen molar-refractivity contribution < 1.29 is 24.1 Å². The van der Waals surface area contributed by atoms with E-state index < -0.39 is 11.6 Å². The predicted octanol–water partition coefficient (Wildman–Crippen LogP) is 5.51. The van der Waals surface area contributed by atoms with Crippen molar-refractivity contribution in [2.24, 2.45) is 4.99 Å². The Labute approximate surface area is 271 Å². The van der Waals surface area contributed by atoms with Gasteiger partial charge in [-0.2, -0.15) is 0 Å². The maximum absolute atomic E-state index is 14.5. The molecule has 0 saturated heterocycles. The number of nitrogens with one attached hydrogen (secondary N) is 2. The summed E-state index contributed by atoms with van der Waals surface area (Å²) in [6.07, 6.45) is 1.76. The molecule has 1 aliphatic carbocycles. The van der Waals surface area contributed by atoms with Gasteiger partial charge in [-0.15, -0.1) is 0 Å². The second-order valence-corrected chi connectivity index (χ2v) is 12.3. The van der Waals surface area contributed by atoms with Crippen LogP contribution < -0.4 is 20.3 Å². The van der Waals surface area contributed by atoms with Gasteiger partial charge in [0.15, 0.2) is 11.6 Å². The fraction of sp³-hybridized carbons (Fsp3) is 0.278. The zero-order chi connectivity index (χ0) is 31.2. The third-order valence-corrected chi connectivity index (χ3v) is 8.78. The van der Waals surface area contributed by atoms with E-state index in [1.54, 1.807) is 7.11 Å². The third kappa shape index (κ3) is 6.91. The molecule has 3 N–H and O–H groups in total. The number of benzene rings is 4. The van der Waals surface area contributed by atoms with Crippen LogP contribution >= 0.6 is 15.9 Å². The zero-order valence-electron chi connectivity index (χ0n) is 25.0. The second-order valence-electron chi connectivity index (χ2n) is 11.3. The van der Waals surface area contributed by atoms with Crippen molar-refractivity contribution in [2.75, 3.05) is 20.3 Å². The molecule has 2 aliphatic rings. The molecule has 2 atom stereocenters. The van der Waals surface area contributed by atoms with Gasteiger partial charge in [0.25, 0.3) is 5.91 Å². The van der Waals surface area contributed by atoms with E-state index in [0.717, 1.165) is 34.0 Å². The van der Waals surface area contributed by atoms with Crippen LogP contribution in [0.3, 0.4) is 0 Å². The average Bonchev–Trinajstić information content (AvgIpc) is 3.67. The van der Waals surface area contributed by atoms with E-state index in [0.29, 0.717) is 36.8 Å². The van der Waals surface area contributed by atoms with E-state index in [4.69, 9.17) is 24.3 Å². The second kappa shape index (κ2) is 13.9. The van der Waals surface area contributed by atoms with Crippen LogP contribution in [0.25, 0.3) is 0 Å². The van der Waals surface area contributed by atoms with E-state index in [1.165, 1.54) is 11.1 Å². The van der Waals surface area contributed by atoms with E-state index >= 15 is 0 Å². The van der Waals surface area contributed by atoms with Crippen LogP contribution in [-0.4, -0.2) is 48.8 Å². The van der Waals surface area contributed by atoms with Crippen molar-refractivity contribution in [3.63, 3.8) is 0 Å². The average molecular weight is 671 g/mol. The van der Waals surface area contributed by atoms with Crippen LogP contribution in [0.2, 0.25) is 0 Å². The summed E-state index contributed by atoms with van der Waals surface area (Å²) in [7, 11) is 1.62. The molecule has 0 bridgehead atoms. The number of aliphatic imine (C=N–C) groups is 1. The first-order chi connectivity index (χ1) is 22.0. The smallest absolute Gasteiger partial charge is 0.266 e. The maximum Gasteiger partial charge on any atom is 0.266 e. The van der Waals surface area contributed by atoms with E-state index in [9.17, 15) is 4.79 Å². The highest BCUT2D eigenvalue weighted by Crippen LogP contribution is 2.43. The molecule has 0 unspecified atom stereocenters. The third-order valence-electron chi connectivity index (χ3n) is 8.25. The van der Waals surface area contributed by atoms with Crippen molar-refractivity contribution in [1.29, 1.82) is 0 Å². The Bertz CT molecular complexity index is 1640. The largest absolute Gasteiger partial charge is 0.497 e. The van der Waals surface area contributed by atoms with Crippen LogP contribution in [-0.2, 0) is 28.8 Å². The summed E-state index contributed by atoms with van der Waals surface area (Å²) in [4.78, 5) is 19.7. The Morgan fingerprint density at radius 3 is 2.40 bits per heavy atom. The molecule has 0 saturated carbocycles. The normalized spacial score (nSPS) is 19.0. The van der Waals surface area contributed by atoms with Crippen LogP contribution in [0.4, 0.5) is 0 Å². The minimum Gasteiger partial charge on any atom is -0.497 e. The summed E-state index contributed by atoms with van der Waals surface area (Å²) in [6, 6.07) is 31.4. The number of rotatable bonds is 12. The molecule has 232 valence electrons. The molecule has 0 aromatic heterocycles. The van der Waals surface area contributed by atoms with Gasteiger partial charge in [-0.05, 0) is 83.6 Å². The zero-order valence-corrected chi connectivity index (χ0v) is 26.6. The maximum atomic E-state index is 14.5. The first-order valence-electron chi connectivity index (χ1n) is 15.1. The molecule has 1 amide bonds. The Hall–Kier alpha value is -4.18. The van der Waals surface area contributed by atoms with Gasteiger partial charge >= 0.3 is 0 Å². The van der Waals surface area contributed by atoms with Crippen molar-refractivity contribution in [2.45, 2.75) is 43.4 Å². The van der Waals surface area contributed by atoms with Gasteiger partial charge in [0, 0.05) is 35.5 Å². The number of aliphatic hydroxyl groups is 1. The molecule has 0 fully saturated rings. The van der Waals surface area contributed by atoms with Crippen LogP contribution in [0, 0.1) is 0 Å². The number of fused-ring (bicyclic) bond motifs is 1. The number of hydrogen-bond acceptors (Lipinski definition) is 7. The number of carbonyl (C=O) groups excluding carboxylic acids is 1. The number of amides is 1. The Morgan fingerprint density at radius 2 is 1.71 bits per heavy atom. The number of methoxy groups -OCH3 is 1. The number of halogens is 1. The van der Waals surface area contributed by atoms with Gasteiger partial charge in [0.1, 0.15) is 11.5 Å². The molecule has 1 heterocycles. The SMILES string of the molecule is COc1cccc([C@@H]2OC(c3ccc(OCCCO)cc3)=N[C@]2(Cc2ccc(Br)cc2)C(=O)NNC2Cc3ccccc3C2)c1. The predicted molar refractivity (Wildman–Crippen MR) is 176 cm³/mol.